The molecule has 6 nitrogen and oxygen atoms in total. The first kappa shape index (κ1) is 19.2. The summed E-state index contributed by atoms with van der Waals surface area (Å²) in [7, 11) is 1.64. The quantitative estimate of drug-likeness (QED) is 0.657. The first-order valence-corrected chi connectivity index (χ1v) is 9.94. The number of nitrogens with zero attached hydrogens (tertiary/aromatic N) is 3. The number of ether oxygens (including phenoxy) is 1. The van der Waals surface area contributed by atoms with Gasteiger partial charge in [0.15, 0.2) is 0 Å². The molecule has 0 N–H and O–H groups in total. The number of rotatable bonds is 5. The number of hydrogen-bond acceptors (Lipinski definition) is 5. The van der Waals surface area contributed by atoms with Gasteiger partial charge in [0, 0.05) is 24.6 Å². The molecule has 29 heavy (non-hydrogen) atoms. The maximum Gasteiger partial charge on any atom is 0.230 e. The molecule has 1 fully saturated rings. The Labute approximate surface area is 170 Å². The van der Waals surface area contributed by atoms with E-state index < -0.39 is 0 Å². The maximum atomic E-state index is 12.6. The highest BCUT2D eigenvalue weighted by molar-refractivity contribution is 5.79. The third kappa shape index (κ3) is 4.47. The van der Waals surface area contributed by atoms with E-state index in [9.17, 15) is 4.79 Å². The number of aromatic nitrogens is 2. The summed E-state index contributed by atoms with van der Waals surface area (Å²) in [5.41, 5.74) is 3.15. The number of carbonyl (C=O) groups excluding carboxylic acids is 1. The molecule has 1 aliphatic heterocycles. The van der Waals surface area contributed by atoms with Gasteiger partial charge < -0.3 is 14.2 Å². The fourth-order valence-corrected chi connectivity index (χ4v) is 3.63. The van der Waals surface area contributed by atoms with E-state index >= 15 is 0 Å². The van der Waals surface area contributed by atoms with Crippen LogP contribution in [0.15, 0.2) is 53.1 Å². The summed E-state index contributed by atoms with van der Waals surface area (Å²) < 4.78 is 10.7. The standard InChI is InChI=1S/C23H25N3O3/c1-16-3-7-18(8-4-16)22-24-23(29-25-22)19-11-13-26(14-12-19)21(27)15-17-5-9-20(28-2)10-6-17/h3-10,19H,11-15H2,1-2H3. The Morgan fingerprint density at radius 3 is 2.45 bits per heavy atom. The number of methoxy groups -OCH3 is 1. The Balaban J connectivity index is 1.33. The lowest BCUT2D eigenvalue weighted by Crippen LogP contribution is -2.38. The van der Waals surface area contributed by atoms with E-state index in [4.69, 9.17) is 9.26 Å². The molecule has 1 amide bonds. The third-order valence-electron chi connectivity index (χ3n) is 5.46. The number of benzene rings is 2. The Kier molecular flexibility index (Phi) is 5.60. The van der Waals surface area contributed by atoms with Crippen molar-refractivity contribution >= 4 is 5.91 Å². The smallest absolute Gasteiger partial charge is 0.230 e. The van der Waals surface area contributed by atoms with Crippen molar-refractivity contribution in [2.75, 3.05) is 20.2 Å². The fourth-order valence-electron chi connectivity index (χ4n) is 3.63. The van der Waals surface area contributed by atoms with E-state index in [1.165, 1.54) is 5.56 Å². The van der Waals surface area contributed by atoms with Crippen molar-refractivity contribution < 1.29 is 14.1 Å². The second-order valence-electron chi connectivity index (χ2n) is 7.50. The van der Waals surface area contributed by atoms with Crippen molar-refractivity contribution in [3.63, 3.8) is 0 Å². The molecule has 1 saturated heterocycles. The molecule has 6 heteroatoms. The van der Waals surface area contributed by atoms with Crippen molar-refractivity contribution in [2.45, 2.75) is 32.1 Å². The lowest BCUT2D eigenvalue weighted by atomic mass is 9.96. The number of amides is 1. The van der Waals surface area contributed by atoms with Gasteiger partial charge in [-0.25, -0.2) is 0 Å². The van der Waals surface area contributed by atoms with Crippen LogP contribution in [0.1, 0.15) is 35.8 Å². The van der Waals surface area contributed by atoms with Gasteiger partial charge in [0.25, 0.3) is 0 Å². The molecule has 0 spiro atoms. The van der Waals surface area contributed by atoms with Gasteiger partial charge in [-0.05, 0) is 37.5 Å². The van der Waals surface area contributed by atoms with Gasteiger partial charge in [-0.15, -0.1) is 0 Å². The van der Waals surface area contributed by atoms with Crippen LogP contribution in [0.25, 0.3) is 11.4 Å². The molecule has 2 aromatic carbocycles. The molecule has 150 valence electrons. The Bertz CT molecular complexity index is 956. The average molecular weight is 391 g/mol. The highest BCUT2D eigenvalue weighted by Gasteiger charge is 2.27. The van der Waals surface area contributed by atoms with Crippen LogP contribution in [-0.2, 0) is 11.2 Å². The monoisotopic (exact) mass is 391 g/mol. The van der Waals surface area contributed by atoms with E-state index in [1.54, 1.807) is 7.11 Å². The maximum absolute atomic E-state index is 12.6. The van der Waals surface area contributed by atoms with Gasteiger partial charge in [-0.1, -0.05) is 47.1 Å². The number of piperidine rings is 1. The zero-order chi connectivity index (χ0) is 20.2. The Morgan fingerprint density at radius 1 is 1.10 bits per heavy atom. The lowest BCUT2D eigenvalue weighted by molar-refractivity contribution is -0.131. The minimum atomic E-state index is 0.152. The van der Waals surface area contributed by atoms with E-state index in [0.717, 1.165) is 29.7 Å². The van der Waals surface area contributed by atoms with Gasteiger partial charge in [0.1, 0.15) is 5.75 Å². The molecule has 0 atom stereocenters. The second kappa shape index (κ2) is 8.47. The molecular weight excluding hydrogens is 366 g/mol. The van der Waals surface area contributed by atoms with Crippen LogP contribution in [-0.4, -0.2) is 41.1 Å². The number of hydrogen-bond donors (Lipinski definition) is 0. The molecule has 2 heterocycles. The van der Waals surface area contributed by atoms with Gasteiger partial charge in [0.2, 0.25) is 17.6 Å². The molecule has 1 aliphatic rings. The van der Waals surface area contributed by atoms with Crippen molar-refractivity contribution in [1.82, 2.24) is 15.0 Å². The predicted molar refractivity (Wildman–Crippen MR) is 110 cm³/mol. The van der Waals surface area contributed by atoms with Crippen LogP contribution in [0.2, 0.25) is 0 Å². The second-order valence-corrected chi connectivity index (χ2v) is 7.50. The molecule has 3 aromatic rings. The number of carbonyl (C=O) groups is 1. The van der Waals surface area contributed by atoms with Crippen LogP contribution in [0.5, 0.6) is 5.75 Å². The molecule has 0 saturated carbocycles. The van der Waals surface area contributed by atoms with Crippen molar-refractivity contribution in [1.29, 1.82) is 0 Å². The molecule has 1 aromatic heterocycles. The summed E-state index contributed by atoms with van der Waals surface area (Å²) in [5.74, 6) is 2.44. The van der Waals surface area contributed by atoms with Crippen LogP contribution in [0, 0.1) is 6.92 Å². The van der Waals surface area contributed by atoms with Crippen molar-refractivity contribution in [3.8, 4) is 17.1 Å². The van der Waals surface area contributed by atoms with Gasteiger partial charge >= 0.3 is 0 Å². The highest BCUT2D eigenvalue weighted by Crippen LogP contribution is 2.29. The molecule has 0 radical (unpaired) electrons. The van der Waals surface area contributed by atoms with Gasteiger partial charge in [0.05, 0.1) is 13.5 Å². The van der Waals surface area contributed by atoms with Crippen LogP contribution < -0.4 is 4.74 Å². The van der Waals surface area contributed by atoms with E-state index in [1.807, 2.05) is 53.4 Å². The summed E-state index contributed by atoms with van der Waals surface area (Å²) in [6, 6.07) is 15.7. The van der Waals surface area contributed by atoms with E-state index in [-0.39, 0.29) is 11.8 Å². The largest absolute Gasteiger partial charge is 0.497 e. The minimum absolute atomic E-state index is 0.152. The highest BCUT2D eigenvalue weighted by atomic mass is 16.5. The molecule has 0 unspecified atom stereocenters. The lowest BCUT2D eigenvalue weighted by Gasteiger charge is -2.30. The summed E-state index contributed by atoms with van der Waals surface area (Å²) >= 11 is 0. The fraction of sp³-hybridized carbons (Fsp3) is 0.348. The molecule has 0 aliphatic carbocycles. The van der Waals surface area contributed by atoms with Gasteiger partial charge in [-0.3, -0.25) is 4.79 Å². The topological polar surface area (TPSA) is 68.5 Å². The van der Waals surface area contributed by atoms with Crippen molar-refractivity contribution in [3.05, 3.63) is 65.5 Å². The van der Waals surface area contributed by atoms with E-state index in [0.29, 0.717) is 31.2 Å². The first-order valence-electron chi connectivity index (χ1n) is 9.94. The zero-order valence-electron chi connectivity index (χ0n) is 16.8. The van der Waals surface area contributed by atoms with Gasteiger partial charge in [-0.2, -0.15) is 4.98 Å². The molecule has 4 rings (SSSR count). The molecular formula is C23H25N3O3. The summed E-state index contributed by atoms with van der Waals surface area (Å²) in [6.07, 6.45) is 2.08. The van der Waals surface area contributed by atoms with Crippen LogP contribution in [0.3, 0.4) is 0 Å². The Morgan fingerprint density at radius 2 is 1.79 bits per heavy atom. The third-order valence-corrected chi connectivity index (χ3v) is 5.46. The number of aryl methyl sites for hydroxylation is 1. The first-order chi connectivity index (χ1) is 14.1. The summed E-state index contributed by atoms with van der Waals surface area (Å²) in [6.45, 7) is 3.47. The Hall–Kier alpha value is -3.15. The predicted octanol–water partition coefficient (Wildman–Crippen LogP) is 4.00. The van der Waals surface area contributed by atoms with E-state index in [2.05, 4.69) is 17.1 Å². The molecule has 0 bridgehead atoms. The average Bonchev–Trinajstić information content (AvgIpc) is 3.25. The SMILES string of the molecule is COc1ccc(CC(=O)N2CCC(c3nc(-c4ccc(C)cc4)no3)CC2)cc1. The van der Waals surface area contributed by atoms with Crippen LogP contribution >= 0.6 is 0 Å². The zero-order valence-corrected chi connectivity index (χ0v) is 16.8. The van der Waals surface area contributed by atoms with Crippen molar-refractivity contribution in [2.24, 2.45) is 0 Å². The summed E-state index contributed by atoms with van der Waals surface area (Å²) in [5, 5.41) is 4.14. The normalized spacial score (nSPS) is 14.8. The summed E-state index contributed by atoms with van der Waals surface area (Å²) in [4.78, 5) is 19.1. The number of likely N-dealkylation sites (tertiary alicyclic amines) is 1. The van der Waals surface area contributed by atoms with Crippen LogP contribution in [0.4, 0.5) is 0 Å². The minimum Gasteiger partial charge on any atom is -0.497 e.